The van der Waals surface area contributed by atoms with Crippen molar-refractivity contribution < 1.29 is 13.6 Å². The van der Waals surface area contributed by atoms with Crippen molar-refractivity contribution in [1.29, 1.82) is 0 Å². The Morgan fingerprint density at radius 3 is 2.61 bits per heavy atom. The number of hydrogen-bond donors (Lipinski definition) is 1. The summed E-state index contributed by atoms with van der Waals surface area (Å²) in [5.41, 5.74) is 8.00. The molecule has 2 N–H and O–H groups in total. The van der Waals surface area contributed by atoms with Gasteiger partial charge in [0.25, 0.3) is 5.91 Å². The van der Waals surface area contributed by atoms with Crippen molar-refractivity contribution in [2.75, 3.05) is 5.73 Å². The average molecular weight is 376 g/mol. The summed E-state index contributed by atoms with van der Waals surface area (Å²) >= 11 is 0. The van der Waals surface area contributed by atoms with Crippen LogP contribution in [0.2, 0.25) is 0 Å². The van der Waals surface area contributed by atoms with E-state index in [9.17, 15) is 9.18 Å². The Hall–Kier alpha value is -3.48. The minimum absolute atomic E-state index is 0.0349. The zero-order valence-electron chi connectivity index (χ0n) is 15.1. The van der Waals surface area contributed by atoms with E-state index in [4.69, 9.17) is 10.2 Å². The molecule has 1 aromatic carbocycles. The Morgan fingerprint density at radius 1 is 1.18 bits per heavy atom. The van der Waals surface area contributed by atoms with Crippen molar-refractivity contribution in [3.05, 3.63) is 64.8 Å². The Kier molecular flexibility index (Phi) is 3.58. The van der Waals surface area contributed by atoms with E-state index in [1.807, 2.05) is 6.92 Å². The number of nitrogen functional groups attached to an aromatic ring is 1. The molecule has 0 unspecified atom stereocenters. The molecule has 2 aliphatic rings. The quantitative estimate of drug-likeness (QED) is 0.750. The largest absolute Gasteiger partial charge is 0.460 e. The lowest BCUT2D eigenvalue weighted by Gasteiger charge is -2.17. The van der Waals surface area contributed by atoms with E-state index < -0.39 is 0 Å². The summed E-state index contributed by atoms with van der Waals surface area (Å²) in [7, 11) is 0. The predicted molar refractivity (Wildman–Crippen MR) is 102 cm³/mol. The van der Waals surface area contributed by atoms with Gasteiger partial charge in [-0.3, -0.25) is 4.79 Å². The van der Waals surface area contributed by atoms with Crippen LogP contribution in [0.3, 0.4) is 0 Å². The molecule has 1 fully saturated rings. The molecule has 7 heteroatoms. The maximum atomic E-state index is 14.3. The number of carbonyl (C=O) groups excluding carboxylic acids is 1. The molecule has 28 heavy (non-hydrogen) atoms. The first kappa shape index (κ1) is 16.7. The van der Waals surface area contributed by atoms with Crippen LogP contribution >= 0.6 is 0 Å². The topological polar surface area (TPSA) is 85.2 Å². The second-order valence-corrected chi connectivity index (χ2v) is 7.02. The zero-order valence-corrected chi connectivity index (χ0v) is 15.1. The van der Waals surface area contributed by atoms with Crippen LogP contribution in [-0.2, 0) is 0 Å². The Labute approximate surface area is 160 Å². The monoisotopic (exact) mass is 376 g/mol. The molecular formula is C21H17FN4O2. The molecule has 0 spiro atoms. The molecule has 1 saturated carbocycles. The van der Waals surface area contributed by atoms with Crippen molar-refractivity contribution in [2.24, 2.45) is 0 Å². The fraction of sp³-hybridized carbons (Fsp3) is 0.190. The second kappa shape index (κ2) is 6.02. The van der Waals surface area contributed by atoms with Crippen molar-refractivity contribution >= 4 is 23.6 Å². The molecule has 0 saturated heterocycles. The van der Waals surface area contributed by atoms with Crippen LogP contribution < -0.4 is 5.73 Å². The fourth-order valence-electron chi connectivity index (χ4n) is 3.52. The highest BCUT2D eigenvalue weighted by atomic mass is 19.1. The van der Waals surface area contributed by atoms with Crippen LogP contribution in [0.15, 0.2) is 40.8 Å². The van der Waals surface area contributed by atoms with Crippen molar-refractivity contribution in [3.8, 4) is 11.5 Å². The molecule has 0 atom stereocenters. The highest BCUT2D eigenvalue weighted by molar-refractivity contribution is 6.14. The number of halogens is 1. The maximum Gasteiger partial charge on any atom is 0.263 e. The van der Waals surface area contributed by atoms with Gasteiger partial charge >= 0.3 is 0 Å². The van der Waals surface area contributed by atoms with Gasteiger partial charge < -0.3 is 15.1 Å². The average Bonchev–Trinajstić information content (AvgIpc) is 3.35. The van der Waals surface area contributed by atoms with Gasteiger partial charge in [-0.15, -0.1) is 0 Å². The van der Waals surface area contributed by atoms with Crippen LogP contribution in [0, 0.1) is 12.7 Å². The van der Waals surface area contributed by atoms with Crippen LogP contribution in [0.4, 0.5) is 10.3 Å². The third-order valence-electron chi connectivity index (χ3n) is 4.94. The third kappa shape index (κ3) is 2.58. The molecule has 2 aromatic heterocycles. The van der Waals surface area contributed by atoms with Gasteiger partial charge in [0.05, 0.1) is 11.3 Å². The standard InChI is InChI=1S/C21H17FN4O2/c1-11-6-9-16(28-11)19-17-18(24-21(23)25-19)15(26(20(17)27)13-7-8-13)10-12-4-2-3-5-14(12)22/h2-6,9-10,13H,7-8H2,1H3,(H2,23,24,25)/b15-10+. The van der Waals surface area contributed by atoms with E-state index in [1.165, 1.54) is 6.07 Å². The number of nitrogens with two attached hydrogens (primary N) is 1. The van der Waals surface area contributed by atoms with Crippen LogP contribution in [0.25, 0.3) is 23.2 Å². The summed E-state index contributed by atoms with van der Waals surface area (Å²) in [5, 5.41) is 0. The summed E-state index contributed by atoms with van der Waals surface area (Å²) < 4.78 is 20.0. The summed E-state index contributed by atoms with van der Waals surface area (Å²) in [6.07, 6.45) is 3.44. The van der Waals surface area contributed by atoms with Gasteiger partial charge in [0, 0.05) is 11.6 Å². The lowest BCUT2D eigenvalue weighted by molar-refractivity contribution is 0.0844. The molecule has 0 radical (unpaired) electrons. The highest BCUT2D eigenvalue weighted by Gasteiger charge is 2.45. The normalized spacial score (nSPS) is 17.4. The minimum Gasteiger partial charge on any atom is -0.460 e. The fourth-order valence-corrected chi connectivity index (χ4v) is 3.52. The van der Waals surface area contributed by atoms with E-state index in [2.05, 4.69) is 9.97 Å². The predicted octanol–water partition coefficient (Wildman–Crippen LogP) is 3.88. The van der Waals surface area contributed by atoms with E-state index in [1.54, 1.807) is 41.3 Å². The molecular weight excluding hydrogens is 359 g/mol. The van der Waals surface area contributed by atoms with Crippen molar-refractivity contribution in [3.63, 3.8) is 0 Å². The molecule has 3 aromatic rings. The number of carbonyl (C=O) groups is 1. The Bertz CT molecular complexity index is 1150. The molecule has 1 aliphatic carbocycles. The van der Waals surface area contributed by atoms with E-state index in [0.29, 0.717) is 39.7 Å². The van der Waals surface area contributed by atoms with Crippen molar-refractivity contribution in [1.82, 2.24) is 14.9 Å². The first-order chi connectivity index (χ1) is 13.5. The van der Waals surface area contributed by atoms with Crippen molar-refractivity contribution in [2.45, 2.75) is 25.8 Å². The summed E-state index contributed by atoms with van der Waals surface area (Å²) in [6, 6.07) is 10.1. The second-order valence-electron chi connectivity index (χ2n) is 7.02. The van der Waals surface area contributed by atoms with Crippen LogP contribution in [-0.4, -0.2) is 26.8 Å². The maximum absolute atomic E-state index is 14.3. The zero-order chi connectivity index (χ0) is 19.4. The SMILES string of the molecule is Cc1ccc(-c2nc(N)nc3c2C(=O)N(C2CC2)/C3=C/c2ccccc2F)o1. The summed E-state index contributed by atoms with van der Waals surface area (Å²) in [5.74, 6) is 0.624. The first-order valence-corrected chi connectivity index (χ1v) is 9.07. The van der Waals surface area contributed by atoms with E-state index >= 15 is 0 Å². The number of nitrogens with zero attached hydrogens (tertiary/aromatic N) is 3. The molecule has 1 amide bonds. The number of amides is 1. The summed E-state index contributed by atoms with van der Waals surface area (Å²) in [4.78, 5) is 23.6. The van der Waals surface area contributed by atoms with Gasteiger partial charge in [-0.1, -0.05) is 18.2 Å². The number of rotatable bonds is 3. The number of furan rings is 1. The van der Waals surface area contributed by atoms with Gasteiger partial charge in [-0.25, -0.2) is 14.4 Å². The van der Waals surface area contributed by atoms with Gasteiger partial charge in [0.15, 0.2) is 5.76 Å². The van der Waals surface area contributed by atoms with Crippen LogP contribution in [0.1, 0.15) is 40.2 Å². The van der Waals surface area contributed by atoms with Gasteiger partial charge in [-0.05, 0) is 44.0 Å². The number of aromatic nitrogens is 2. The number of hydrogen-bond acceptors (Lipinski definition) is 5. The number of fused-ring (bicyclic) bond motifs is 1. The van der Waals surface area contributed by atoms with E-state index in [0.717, 1.165) is 12.8 Å². The van der Waals surface area contributed by atoms with Gasteiger partial charge in [0.1, 0.15) is 23.0 Å². The molecule has 6 nitrogen and oxygen atoms in total. The Balaban J connectivity index is 1.75. The molecule has 3 heterocycles. The minimum atomic E-state index is -0.365. The smallest absolute Gasteiger partial charge is 0.263 e. The van der Waals surface area contributed by atoms with Gasteiger partial charge in [-0.2, -0.15) is 0 Å². The number of benzene rings is 1. The van der Waals surface area contributed by atoms with Gasteiger partial charge in [0.2, 0.25) is 5.95 Å². The van der Waals surface area contributed by atoms with Crippen LogP contribution in [0.5, 0.6) is 0 Å². The number of aryl methyl sites for hydroxylation is 1. The highest BCUT2D eigenvalue weighted by Crippen LogP contribution is 2.44. The molecule has 1 aliphatic heterocycles. The molecule has 0 bridgehead atoms. The first-order valence-electron chi connectivity index (χ1n) is 9.07. The molecule has 5 rings (SSSR count). The van der Waals surface area contributed by atoms with E-state index in [-0.39, 0.29) is 23.7 Å². The molecule has 140 valence electrons. The number of anilines is 1. The Morgan fingerprint density at radius 2 is 1.93 bits per heavy atom. The third-order valence-corrected chi connectivity index (χ3v) is 4.94. The lowest BCUT2D eigenvalue weighted by Crippen LogP contribution is -2.25. The summed E-state index contributed by atoms with van der Waals surface area (Å²) in [6.45, 7) is 1.82. The lowest BCUT2D eigenvalue weighted by atomic mass is 10.1.